The minimum Gasteiger partial charge on any atom is -0.492 e. The Hall–Kier alpha value is -1.52. The number of hydrogen-bond donors (Lipinski definition) is 1. The predicted molar refractivity (Wildman–Crippen MR) is 79.6 cm³/mol. The summed E-state index contributed by atoms with van der Waals surface area (Å²) in [7, 11) is 0. The molecule has 1 aliphatic heterocycles. The summed E-state index contributed by atoms with van der Waals surface area (Å²) in [6.45, 7) is 3.89. The Labute approximate surface area is 117 Å². The van der Waals surface area contributed by atoms with Gasteiger partial charge in [-0.15, -0.1) is 11.3 Å². The van der Waals surface area contributed by atoms with Gasteiger partial charge < -0.3 is 10.5 Å². The van der Waals surface area contributed by atoms with Crippen LogP contribution in [0.5, 0.6) is 5.75 Å². The second-order valence-corrected chi connectivity index (χ2v) is 5.81. The molecule has 0 spiro atoms. The molecule has 2 aromatic rings. The molecule has 1 aromatic carbocycles. The maximum atomic E-state index is 5.74. The molecule has 0 aliphatic carbocycles. The first-order valence-electron chi connectivity index (χ1n) is 6.57. The fourth-order valence-electron chi connectivity index (χ4n) is 2.35. The number of thiophene rings is 1. The maximum absolute atomic E-state index is 5.74. The quantitative estimate of drug-likeness (QED) is 0.871. The number of benzene rings is 1. The molecular formula is C15H18N2OS. The minimum atomic E-state index is 0.726. The van der Waals surface area contributed by atoms with E-state index in [0.29, 0.717) is 0 Å². The number of ether oxygens (including phenoxy) is 1. The summed E-state index contributed by atoms with van der Waals surface area (Å²) < 4.78 is 5.74. The van der Waals surface area contributed by atoms with Crippen LogP contribution in [0.3, 0.4) is 0 Å². The number of hydrogen-bond acceptors (Lipinski definition) is 4. The lowest BCUT2D eigenvalue weighted by Crippen LogP contribution is -2.33. The van der Waals surface area contributed by atoms with Gasteiger partial charge in [-0.25, -0.2) is 0 Å². The van der Waals surface area contributed by atoms with E-state index in [4.69, 9.17) is 10.5 Å². The van der Waals surface area contributed by atoms with Gasteiger partial charge in [0.2, 0.25) is 0 Å². The van der Waals surface area contributed by atoms with Crippen molar-refractivity contribution in [3.8, 4) is 5.75 Å². The summed E-state index contributed by atoms with van der Waals surface area (Å²) in [5.74, 6) is 0.891. The van der Waals surface area contributed by atoms with E-state index in [9.17, 15) is 0 Å². The molecule has 19 heavy (non-hydrogen) atoms. The maximum Gasteiger partial charge on any atom is 0.119 e. The standard InChI is InChI=1S/C15H18N2OS/c16-13-1-3-14(4-2-13)18-9-8-17-7-5-15-12(11-17)6-10-19-15/h1-4,6,10H,5,7-9,11,16H2. The van der Waals surface area contributed by atoms with Crippen LogP contribution in [0.25, 0.3) is 0 Å². The third kappa shape index (κ3) is 3.08. The average molecular weight is 274 g/mol. The van der Waals surface area contributed by atoms with E-state index < -0.39 is 0 Å². The van der Waals surface area contributed by atoms with Gasteiger partial charge in [0.1, 0.15) is 12.4 Å². The summed E-state index contributed by atoms with van der Waals surface area (Å²) in [5, 5.41) is 2.19. The fourth-order valence-corrected chi connectivity index (χ4v) is 3.24. The first-order valence-corrected chi connectivity index (χ1v) is 7.45. The van der Waals surface area contributed by atoms with Crippen LogP contribution in [0.15, 0.2) is 35.7 Å². The van der Waals surface area contributed by atoms with Crippen LogP contribution in [0.2, 0.25) is 0 Å². The van der Waals surface area contributed by atoms with Crippen molar-refractivity contribution in [3.63, 3.8) is 0 Å². The SMILES string of the molecule is Nc1ccc(OCCN2CCc3sccc3C2)cc1. The monoisotopic (exact) mass is 274 g/mol. The molecule has 0 saturated carbocycles. The number of rotatable bonds is 4. The van der Waals surface area contributed by atoms with E-state index in [2.05, 4.69) is 16.3 Å². The molecule has 2 heterocycles. The molecule has 1 aromatic heterocycles. The molecular weight excluding hydrogens is 256 g/mol. The largest absolute Gasteiger partial charge is 0.492 e. The van der Waals surface area contributed by atoms with Gasteiger partial charge in [-0.05, 0) is 47.7 Å². The van der Waals surface area contributed by atoms with Crippen molar-refractivity contribution in [2.45, 2.75) is 13.0 Å². The molecule has 2 N–H and O–H groups in total. The molecule has 1 aliphatic rings. The average Bonchev–Trinajstić information content (AvgIpc) is 2.88. The van der Waals surface area contributed by atoms with Gasteiger partial charge in [0.25, 0.3) is 0 Å². The van der Waals surface area contributed by atoms with Crippen molar-refractivity contribution in [1.29, 1.82) is 0 Å². The highest BCUT2D eigenvalue weighted by Gasteiger charge is 2.16. The normalized spacial score (nSPS) is 15.2. The van der Waals surface area contributed by atoms with E-state index in [1.807, 2.05) is 35.6 Å². The summed E-state index contributed by atoms with van der Waals surface area (Å²) in [6.07, 6.45) is 1.18. The highest BCUT2D eigenvalue weighted by atomic mass is 32.1. The van der Waals surface area contributed by atoms with Gasteiger partial charge >= 0.3 is 0 Å². The second kappa shape index (κ2) is 5.63. The zero-order chi connectivity index (χ0) is 13.1. The lowest BCUT2D eigenvalue weighted by Gasteiger charge is -2.26. The van der Waals surface area contributed by atoms with Crippen LogP contribution < -0.4 is 10.5 Å². The number of nitrogens with zero attached hydrogens (tertiary/aromatic N) is 1. The third-order valence-corrected chi connectivity index (χ3v) is 4.47. The Morgan fingerprint density at radius 3 is 2.89 bits per heavy atom. The Kier molecular flexibility index (Phi) is 3.71. The zero-order valence-electron chi connectivity index (χ0n) is 10.8. The molecule has 0 saturated heterocycles. The Bertz CT molecular complexity index is 535. The van der Waals surface area contributed by atoms with E-state index in [1.165, 1.54) is 12.0 Å². The van der Waals surface area contributed by atoms with Crippen LogP contribution in [-0.4, -0.2) is 24.6 Å². The molecule has 0 unspecified atom stereocenters. The van der Waals surface area contributed by atoms with Gasteiger partial charge in [0, 0.05) is 30.2 Å². The highest BCUT2D eigenvalue weighted by Crippen LogP contribution is 2.23. The minimum absolute atomic E-state index is 0.726. The Morgan fingerprint density at radius 1 is 1.21 bits per heavy atom. The molecule has 0 radical (unpaired) electrons. The molecule has 100 valence electrons. The molecule has 0 amide bonds. The number of anilines is 1. The topological polar surface area (TPSA) is 38.5 Å². The smallest absolute Gasteiger partial charge is 0.119 e. The lowest BCUT2D eigenvalue weighted by molar-refractivity contribution is 0.197. The second-order valence-electron chi connectivity index (χ2n) is 4.81. The first kappa shape index (κ1) is 12.5. The summed E-state index contributed by atoms with van der Waals surface area (Å²) >= 11 is 1.88. The van der Waals surface area contributed by atoms with Gasteiger partial charge in [0.05, 0.1) is 0 Å². The third-order valence-electron chi connectivity index (χ3n) is 3.44. The van der Waals surface area contributed by atoms with Crippen LogP contribution in [0, 0.1) is 0 Å². The van der Waals surface area contributed by atoms with Gasteiger partial charge in [0.15, 0.2) is 0 Å². The lowest BCUT2D eigenvalue weighted by atomic mass is 10.1. The van der Waals surface area contributed by atoms with Gasteiger partial charge in [-0.3, -0.25) is 4.90 Å². The number of nitrogens with two attached hydrogens (primary N) is 1. The van der Waals surface area contributed by atoms with Crippen molar-refractivity contribution in [1.82, 2.24) is 4.90 Å². The van der Waals surface area contributed by atoms with Crippen molar-refractivity contribution >= 4 is 17.0 Å². The summed E-state index contributed by atoms with van der Waals surface area (Å²) in [5.41, 5.74) is 7.91. The molecule has 0 fully saturated rings. The number of fused-ring (bicyclic) bond motifs is 1. The summed E-state index contributed by atoms with van der Waals surface area (Å²) in [6, 6.07) is 9.82. The van der Waals surface area contributed by atoms with Crippen LogP contribution >= 0.6 is 11.3 Å². The van der Waals surface area contributed by atoms with Gasteiger partial charge in [-0.1, -0.05) is 0 Å². The van der Waals surface area contributed by atoms with E-state index in [1.54, 1.807) is 4.88 Å². The predicted octanol–water partition coefficient (Wildman–Crippen LogP) is 2.77. The van der Waals surface area contributed by atoms with Crippen molar-refractivity contribution in [2.24, 2.45) is 0 Å². The highest BCUT2D eigenvalue weighted by molar-refractivity contribution is 7.10. The zero-order valence-corrected chi connectivity index (χ0v) is 11.7. The fraction of sp³-hybridized carbons (Fsp3) is 0.333. The molecule has 0 bridgehead atoms. The summed E-state index contributed by atoms with van der Waals surface area (Å²) in [4.78, 5) is 4.00. The molecule has 0 atom stereocenters. The van der Waals surface area contributed by atoms with Crippen LogP contribution in [0.4, 0.5) is 5.69 Å². The van der Waals surface area contributed by atoms with Crippen molar-refractivity contribution in [3.05, 3.63) is 46.2 Å². The number of nitrogen functional groups attached to an aromatic ring is 1. The molecule has 3 nitrogen and oxygen atoms in total. The van der Waals surface area contributed by atoms with Crippen LogP contribution in [0.1, 0.15) is 10.4 Å². The Balaban J connectivity index is 1.47. The first-order chi connectivity index (χ1) is 9.31. The van der Waals surface area contributed by atoms with Gasteiger partial charge in [-0.2, -0.15) is 0 Å². The van der Waals surface area contributed by atoms with E-state index >= 15 is 0 Å². The van der Waals surface area contributed by atoms with Crippen LogP contribution in [-0.2, 0) is 13.0 Å². The van der Waals surface area contributed by atoms with E-state index in [-0.39, 0.29) is 0 Å². The van der Waals surface area contributed by atoms with Crippen molar-refractivity contribution in [2.75, 3.05) is 25.4 Å². The van der Waals surface area contributed by atoms with E-state index in [0.717, 1.165) is 37.7 Å². The molecule has 4 heteroatoms. The van der Waals surface area contributed by atoms with Crippen molar-refractivity contribution < 1.29 is 4.74 Å². The molecule has 3 rings (SSSR count). The Morgan fingerprint density at radius 2 is 2.05 bits per heavy atom.